The van der Waals surface area contributed by atoms with Crippen LogP contribution in [0.15, 0.2) is 24.3 Å². The van der Waals surface area contributed by atoms with Gasteiger partial charge in [-0.2, -0.15) is 13.2 Å². The van der Waals surface area contributed by atoms with E-state index in [9.17, 15) is 13.2 Å². The highest BCUT2D eigenvalue weighted by molar-refractivity contribution is 5.31. The minimum atomic E-state index is -4.27. The van der Waals surface area contributed by atoms with E-state index in [2.05, 4.69) is 0 Å². The normalized spacial score (nSPS) is 18.8. The number of rotatable bonds is 3. The molecule has 0 saturated heterocycles. The fraction of sp³-hybridized carbons (Fsp3) is 0.538. The summed E-state index contributed by atoms with van der Waals surface area (Å²) in [5, 5.41) is 0. The fourth-order valence-electron chi connectivity index (χ4n) is 2.48. The Morgan fingerprint density at radius 3 is 2.29 bits per heavy atom. The van der Waals surface area contributed by atoms with Gasteiger partial charge in [-0.1, -0.05) is 24.6 Å². The molecule has 94 valence electrons. The van der Waals surface area contributed by atoms with E-state index in [0.717, 1.165) is 25.3 Å². The lowest BCUT2D eigenvalue weighted by molar-refractivity contribution is -0.138. The number of benzene rings is 1. The van der Waals surface area contributed by atoms with Crippen LogP contribution in [0.3, 0.4) is 0 Å². The zero-order valence-electron chi connectivity index (χ0n) is 9.56. The quantitative estimate of drug-likeness (QED) is 0.865. The standard InChI is InChI=1S/C13H16F3N/c14-13(15,16)11-5-2-1-4-10(11)8-12(9-17)6-3-7-12/h1-2,4-5H,3,6-9,17H2. The van der Waals surface area contributed by atoms with Crippen molar-refractivity contribution in [1.29, 1.82) is 0 Å². The van der Waals surface area contributed by atoms with Crippen LogP contribution in [0.25, 0.3) is 0 Å². The minimum Gasteiger partial charge on any atom is -0.330 e. The predicted molar refractivity (Wildman–Crippen MR) is 60.5 cm³/mol. The van der Waals surface area contributed by atoms with Gasteiger partial charge < -0.3 is 5.73 Å². The van der Waals surface area contributed by atoms with Crippen LogP contribution in [0, 0.1) is 5.41 Å². The Labute approximate surface area is 98.8 Å². The molecular formula is C13H16F3N. The van der Waals surface area contributed by atoms with E-state index in [4.69, 9.17) is 5.73 Å². The van der Waals surface area contributed by atoms with Gasteiger partial charge in [0.1, 0.15) is 0 Å². The van der Waals surface area contributed by atoms with Crippen molar-refractivity contribution in [1.82, 2.24) is 0 Å². The van der Waals surface area contributed by atoms with E-state index in [1.54, 1.807) is 12.1 Å². The van der Waals surface area contributed by atoms with Gasteiger partial charge in [0, 0.05) is 0 Å². The molecule has 17 heavy (non-hydrogen) atoms. The highest BCUT2D eigenvalue weighted by Crippen LogP contribution is 2.44. The zero-order valence-corrected chi connectivity index (χ0v) is 9.56. The maximum atomic E-state index is 12.8. The summed E-state index contributed by atoms with van der Waals surface area (Å²) < 4.78 is 38.5. The van der Waals surface area contributed by atoms with Crippen molar-refractivity contribution in [3.05, 3.63) is 35.4 Å². The molecule has 0 unspecified atom stereocenters. The molecule has 0 amide bonds. The van der Waals surface area contributed by atoms with Crippen LogP contribution in [0.1, 0.15) is 30.4 Å². The molecule has 0 heterocycles. The van der Waals surface area contributed by atoms with Gasteiger partial charge in [0.15, 0.2) is 0 Å². The van der Waals surface area contributed by atoms with E-state index in [0.29, 0.717) is 18.5 Å². The fourth-order valence-corrected chi connectivity index (χ4v) is 2.48. The molecule has 1 saturated carbocycles. The van der Waals surface area contributed by atoms with Gasteiger partial charge >= 0.3 is 6.18 Å². The smallest absolute Gasteiger partial charge is 0.330 e. The van der Waals surface area contributed by atoms with E-state index < -0.39 is 11.7 Å². The lowest BCUT2D eigenvalue weighted by atomic mass is 9.65. The van der Waals surface area contributed by atoms with Crippen LogP contribution in [-0.4, -0.2) is 6.54 Å². The number of alkyl halides is 3. The van der Waals surface area contributed by atoms with Gasteiger partial charge in [-0.25, -0.2) is 0 Å². The Morgan fingerprint density at radius 1 is 1.18 bits per heavy atom. The number of hydrogen-bond donors (Lipinski definition) is 1. The van der Waals surface area contributed by atoms with Crippen LogP contribution in [0.4, 0.5) is 13.2 Å². The van der Waals surface area contributed by atoms with E-state index in [-0.39, 0.29) is 5.41 Å². The van der Waals surface area contributed by atoms with Crippen LogP contribution in [-0.2, 0) is 12.6 Å². The molecule has 1 aliphatic rings. The second kappa shape index (κ2) is 4.33. The first-order valence-electron chi connectivity index (χ1n) is 5.82. The Bertz CT molecular complexity index is 388. The summed E-state index contributed by atoms with van der Waals surface area (Å²) in [5.41, 5.74) is 5.46. The molecule has 2 N–H and O–H groups in total. The summed E-state index contributed by atoms with van der Waals surface area (Å²) in [7, 11) is 0. The third-order valence-corrected chi connectivity index (χ3v) is 3.74. The van der Waals surface area contributed by atoms with Crippen LogP contribution < -0.4 is 5.73 Å². The largest absolute Gasteiger partial charge is 0.416 e. The third kappa shape index (κ3) is 2.46. The third-order valence-electron chi connectivity index (χ3n) is 3.74. The van der Waals surface area contributed by atoms with Gasteiger partial charge in [-0.3, -0.25) is 0 Å². The SMILES string of the molecule is NCC1(Cc2ccccc2C(F)(F)F)CCC1. The van der Waals surface area contributed by atoms with Gasteiger partial charge in [0.2, 0.25) is 0 Å². The van der Waals surface area contributed by atoms with Crippen LogP contribution >= 0.6 is 0 Å². The molecule has 1 aromatic rings. The Morgan fingerprint density at radius 2 is 1.82 bits per heavy atom. The summed E-state index contributed by atoms with van der Waals surface area (Å²) in [6.07, 6.45) is -0.869. The molecule has 0 radical (unpaired) electrons. The molecule has 1 fully saturated rings. The lowest BCUT2D eigenvalue weighted by Crippen LogP contribution is -2.39. The first-order chi connectivity index (χ1) is 7.97. The molecule has 0 spiro atoms. The topological polar surface area (TPSA) is 26.0 Å². The van der Waals surface area contributed by atoms with Gasteiger partial charge in [-0.15, -0.1) is 0 Å². The van der Waals surface area contributed by atoms with Crippen molar-refractivity contribution in [2.24, 2.45) is 11.1 Å². The number of nitrogens with two attached hydrogens (primary N) is 1. The first-order valence-corrected chi connectivity index (χ1v) is 5.82. The van der Waals surface area contributed by atoms with Crippen LogP contribution in [0.2, 0.25) is 0 Å². The predicted octanol–water partition coefficient (Wildman–Crippen LogP) is 3.38. The molecule has 1 aromatic carbocycles. The zero-order chi connectivity index (χ0) is 12.5. The number of halogens is 3. The highest BCUT2D eigenvalue weighted by atomic mass is 19.4. The summed E-state index contributed by atoms with van der Waals surface area (Å²) in [5.74, 6) is 0. The molecule has 1 nitrogen and oxygen atoms in total. The molecule has 4 heteroatoms. The molecule has 0 aromatic heterocycles. The molecule has 0 bridgehead atoms. The Kier molecular flexibility index (Phi) is 3.17. The Hall–Kier alpha value is -1.03. The van der Waals surface area contributed by atoms with Crippen LogP contribution in [0.5, 0.6) is 0 Å². The van der Waals surface area contributed by atoms with Crippen molar-refractivity contribution >= 4 is 0 Å². The van der Waals surface area contributed by atoms with E-state index in [1.165, 1.54) is 6.07 Å². The number of hydrogen-bond acceptors (Lipinski definition) is 1. The highest BCUT2D eigenvalue weighted by Gasteiger charge is 2.39. The van der Waals surface area contributed by atoms with Crippen molar-refractivity contribution in [2.45, 2.75) is 31.9 Å². The second-order valence-electron chi connectivity index (χ2n) is 4.89. The molecule has 0 atom stereocenters. The lowest BCUT2D eigenvalue weighted by Gasteiger charge is -2.41. The molecule has 1 aliphatic carbocycles. The Balaban J connectivity index is 2.27. The minimum absolute atomic E-state index is 0.0959. The van der Waals surface area contributed by atoms with Gasteiger partial charge in [0.05, 0.1) is 5.56 Å². The van der Waals surface area contributed by atoms with E-state index in [1.807, 2.05) is 0 Å². The van der Waals surface area contributed by atoms with Crippen molar-refractivity contribution in [3.63, 3.8) is 0 Å². The maximum absolute atomic E-state index is 12.8. The molecule has 2 rings (SSSR count). The second-order valence-corrected chi connectivity index (χ2v) is 4.89. The summed E-state index contributed by atoms with van der Waals surface area (Å²) in [6.45, 7) is 0.471. The summed E-state index contributed by atoms with van der Waals surface area (Å²) >= 11 is 0. The molecule has 0 aliphatic heterocycles. The molecular weight excluding hydrogens is 227 g/mol. The average molecular weight is 243 g/mol. The van der Waals surface area contributed by atoms with Crippen molar-refractivity contribution in [3.8, 4) is 0 Å². The van der Waals surface area contributed by atoms with Gasteiger partial charge in [-0.05, 0) is 42.9 Å². The van der Waals surface area contributed by atoms with Crippen molar-refractivity contribution < 1.29 is 13.2 Å². The first kappa shape index (κ1) is 12.4. The maximum Gasteiger partial charge on any atom is 0.416 e. The van der Waals surface area contributed by atoms with Crippen molar-refractivity contribution in [2.75, 3.05) is 6.54 Å². The monoisotopic (exact) mass is 243 g/mol. The van der Waals surface area contributed by atoms with E-state index >= 15 is 0 Å². The average Bonchev–Trinajstić information content (AvgIpc) is 2.23. The van der Waals surface area contributed by atoms with Gasteiger partial charge in [0.25, 0.3) is 0 Å². The summed E-state index contributed by atoms with van der Waals surface area (Å²) in [4.78, 5) is 0. The summed E-state index contributed by atoms with van der Waals surface area (Å²) in [6, 6.07) is 5.81.